The van der Waals surface area contributed by atoms with E-state index in [4.69, 9.17) is 0 Å². The molecule has 3 nitrogen and oxygen atoms in total. The van der Waals surface area contributed by atoms with Gasteiger partial charge in [0, 0.05) is 11.6 Å². The Kier molecular flexibility index (Phi) is 5.11. The molecule has 0 spiro atoms. The van der Waals surface area contributed by atoms with E-state index in [0.717, 1.165) is 18.1 Å². The molecule has 1 fully saturated rings. The highest BCUT2D eigenvalue weighted by Gasteiger charge is 2.27. The Labute approximate surface area is 125 Å². The van der Waals surface area contributed by atoms with E-state index in [1.54, 1.807) is 11.8 Å². The number of rotatable bonds is 4. The molecule has 1 heterocycles. The predicted octanol–water partition coefficient (Wildman–Crippen LogP) is 2.94. The fourth-order valence-electron chi connectivity index (χ4n) is 2.39. The Hall–Kier alpha value is -1.00. The number of carbonyl (C=O) groups excluding carboxylic acids is 1. The fourth-order valence-corrected chi connectivity index (χ4v) is 3.33. The molecule has 4 heteroatoms. The molecule has 0 saturated carbocycles. The van der Waals surface area contributed by atoms with Crippen LogP contribution in [0.2, 0.25) is 0 Å². The van der Waals surface area contributed by atoms with Gasteiger partial charge in [-0.2, -0.15) is 0 Å². The van der Waals surface area contributed by atoms with Gasteiger partial charge in [-0.1, -0.05) is 51.1 Å². The number of nitrogens with one attached hydrogen (secondary N) is 2. The van der Waals surface area contributed by atoms with Crippen LogP contribution in [0.15, 0.2) is 30.3 Å². The number of hydrogen-bond acceptors (Lipinski definition) is 3. The number of carbonyl (C=O) groups is 1. The van der Waals surface area contributed by atoms with Crippen molar-refractivity contribution < 1.29 is 4.79 Å². The maximum Gasteiger partial charge on any atom is 0.238 e. The molecule has 0 bridgehead atoms. The zero-order valence-corrected chi connectivity index (χ0v) is 13.3. The zero-order valence-electron chi connectivity index (χ0n) is 12.5. The lowest BCUT2D eigenvalue weighted by Crippen LogP contribution is -2.44. The van der Waals surface area contributed by atoms with E-state index in [0.29, 0.717) is 0 Å². The first-order valence-corrected chi connectivity index (χ1v) is 8.28. The molecule has 1 aromatic carbocycles. The van der Waals surface area contributed by atoms with Crippen molar-refractivity contribution in [3.05, 3.63) is 35.9 Å². The molecule has 110 valence electrons. The van der Waals surface area contributed by atoms with Crippen molar-refractivity contribution in [2.45, 2.75) is 39.3 Å². The van der Waals surface area contributed by atoms with E-state index in [9.17, 15) is 4.79 Å². The third kappa shape index (κ3) is 4.53. The second-order valence-electron chi connectivity index (χ2n) is 6.51. The monoisotopic (exact) mass is 292 g/mol. The minimum atomic E-state index is -0.0498. The van der Waals surface area contributed by atoms with Crippen molar-refractivity contribution in [2.75, 3.05) is 11.6 Å². The van der Waals surface area contributed by atoms with Gasteiger partial charge in [0.1, 0.15) is 0 Å². The molecule has 1 aliphatic heterocycles. The molecular formula is C16H24N2OS. The van der Waals surface area contributed by atoms with Crippen molar-refractivity contribution in [3.63, 3.8) is 0 Å². The van der Waals surface area contributed by atoms with Crippen LogP contribution in [0.3, 0.4) is 0 Å². The van der Waals surface area contributed by atoms with Crippen molar-refractivity contribution in [3.8, 4) is 0 Å². The number of hydrogen-bond donors (Lipinski definition) is 2. The first-order valence-electron chi connectivity index (χ1n) is 7.12. The minimum absolute atomic E-state index is 0.0498. The van der Waals surface area contributed by atoms with Crippen LogP contribution in [0.4, 0.5) is 0 Å². The normalized spacial score (nSPS) is 20.6. The van der Waals surface area contributed by atoms with Crippen LogP contribution >= 0.6 is 11.8 Å². The number of benzene rings is 1. The zero-order chi connectivity index (χ0) is 14.6. The van der Waals surface area contributed by atoms with Crippen LogP contribution in [-0.2, 0) is 4.79 Å². The summed E-state index contributed by atoms with van der Waals surface area (Å²) in [6.45, 7) is 6.62. The second-order valence-corrected chi connectivity index (χ2v) is 7.54. The predicted molar refractivity (Wildman–Crippen MR) is 85.6 cm³/mol. The van der Waals surface area contributed by atoms with Crippen molar-refractivity contribution in [1.29, 1.82) is 0 Å². The van der Waals surface area contributed by atoms with Crippen LogP contribution in [0.5, 0.6) is 0 Å². The van der Waals surface area contributed by atoms with E-state index in [1.165, 1.54) is 5.56 Å². The average molecular weight is 292 g/mol. The average Bonchev–Trinajstić information content (AvgIpc) is 2.91. The van der Waals surface area contributed by atoms with E-state index in [2.05, 4.69) is 43.5 Å². The summed E-state index contributed by atoms with van der Waals surface area (Å²) in [7, 11) is 0. The topological polar surface area (TPSA) is 41.1 Å². The molecule has 2 unspecified atom stereocenters. The minimum Gasteiger partial charge on any atom is -0.348 e. The largest absolute Gasteiger partial charge is 0.348 e. The molecule has 20 heavy (non-hydrogen) atoms. The molecule has 0 radical (unpaired) electrons. The van der Waals surface area contributed by atoms with E-state index >= 15 is 0 Å². The lowest BCUT2D eigenvalue weighted by molar-refractivity contribution is -0.123. The van der Waals surface area contributed by atoms with Gasteiger partial charge in [-0.25, -0.2) is 0 Å². The smallest absolute Gasteiger partial charge is 0.238 e. The third-order valence-electron chi connectivity index (χ3n) is 3.37. The van der Waals surface area contributed by atoms with Gasteiger partial charge < -0.3 is 5.32 Å². The molecule has 1 saturated heterocycles. The fraction of sp³-hybridized carbons (Fsp3) is 0.562. The summed E-state index contributed by atoms with van der Waals surface area (Å²) < 4.78 is 0. The number of amides is 1. The molecule has 1 amide bonds. The third-order valence-corrected chi connectivity index (χ3v) is 4.31. The van der Waals surface area contributed by atoms with Crippen LogP contribution in [-0.4, -0.2) is 23.6 Å². The maximum absolute atomic E-state index is 12.3. The Morgan fingerprint density at radius 2 is 2.10 bits per heavy atom. The van der Waals surface area contributed by atoms with E-state index < -0.39 is 0 Å². The molecule has 1 aromatic rings. The van der Waals surface area contributed by atoms with Gasteiger partial charge in [0.2, 0.25) is 5.91 Å². The first kappa shape index (κ1) is 15.4. The Balaban J connectivity index is 2.08. The quantitative estimate of drug-likeness (QED) is 0.896. The summed E-state index contributed by atoms with van der Waals surface area (Å²) in [6, 6.07) is 10.3. The first-order chi connectivity index (χ1) is 9.46. The SMILES string of the molecule is CC(C)(C)CC(NC(=O)C1CSCN1)c1ccccc1. The van der Waals surface area contributed by atoms with Gasteiger partial charge in [-0.3, -0.25) is 10.1 Å². The highest BCUT2D eigenvalue weighted by molar-refractivity contribution is 7.99. The number of thioether (sulfide) groups is 1. The summed E-state index contributed by atoms with van der Waals surface area (Å²) in [5.74, 6) is 1.85. The van der Waals surface area contributed by atoms with Crippen molar-refractivity contribution in [2.24, 2.45) is 5.41 Å². The molecule has 2 atom stereocenters. The van der Waals surface area contributed by atoms with Gasteiger partial charge in [-0.05, 0) is 17.4 Å². The van der Waals surface area contributed by atoms with Crippen LogP contribution < -0.4 is 10.6 Å². The van der Waals surface area contributed by atoms with Gasteiger partial charge in [0.25, 0.3) is 0 Å². The van der Waals surface area contributed by atoms with E-state index in [1.807, 2.05) is 18.2 Å². The van der Waals surface area contributed by atoms with Gasteiger partial charge in [-0.15, -0.1) is 11.8 Å². The highest BCUT2D eigenvalue weighted by atomic mass is 32.2. The molecule has 1 aliphatic rings. The second kappa shape index (κ2) is 6.64. The lowest BCUT2D eigenvalue weighted by atomic mass is 9.85. The van der Waals surface area contributed by atoms with Gasteiger partial charge in [0.15, 0.2) is 0 Å². The van der Waals surface area contributed by atoms with Crippen LogP contribution in [0.25, 0.3) is 0 Å². The van der Waals surface area contributed by atoms with Crippen LogP contribution in [0, 0.1) is 5.41 Å². The van der Waals surface area contributed by atoms with E-state index in [-0.39, 0.29) is 23.4 Å². The van der Waals surface area contributed by atoms with Gasteiger partial charge in [0.05, 0.1) is 12.1 Å². The summed E-state index contributed by atoms with van der Waals surface area (Å²) in [6.07, 6.45) is 0.933. The van der Waals surface area contributed by atoms with Crippen molar-refractivity contribution in [1.82, 2.24) is 10.6 Å². The Bertz CT molecular complexity index is 436. The molecule has 2 rings (SSSR count). The summed E-state index contributed by atoms with van der Waals surface area (Å²) >= 11 is 1.77. The molecule has 0 aliphatic carbocycles. The standard InChI is InChI=1S/C16H24N2OS/c1-16(2,3)9-13(12-7-5-4-6-8-12)18-15(19)14-10-20-11-17-14/h4-8,13-14,17H,9-11H2,1-3H3,(H,18,19). The van der Waals surface area contributed by atoms with Gasteiger partial charge >= 0.3 is 0 Å². The lowest BCUT2D eigenvalue weighted by Gasteiger charge is -2.28. The maximum atomic E-state index is 12.3. The summed E-state index contributed by atoms with van der Waals surface area (Å²) in [5.41, 5.74) is 1.35. The molecular weight excluding hydrogens is 268 g/mol. The Morgan fingerprint density at radius 1 is 1.40 bits per heavy atom. The highest BCUT2D eigenvalue weighted by Crippen LogP contribution is 2.29. The molecule has 2 N–H and O–H groups in total. The van der Waals surface area contributed by atoms with Crippen molar-refractivity contribution >= 4 is 17.7 Å². The van der Waals surface area contributed by atoms with Crippen LogP contribution in [0.1, 0.15) is 38.8 Å². The molecule has 0 aromatic heterocycles. The Morgan fingerprint density at radius 3 is 2.65 bits per heavy atom. The summed E-state index contributed by atoms with van der Waals surface area (Å²) in [4.78, 5) is 12.3. The summed E-state index contributed by atoms with van der Waals surface area (Å²) in [5, 5.41) is 6.44.